The number of benzene rings is 3. The maximum absolute atomic E-state index is 4.80. The van der Waals surface area contributed by atoms with E-state index in [2.05, 4.69) is 20.4 Å². The number of nitrogens with one attached hydrogen (secondary N) is 1. The number of rotatable bonds is 0. The van der Waals surface area contributed by atoms with Crippen LogP contribution in [0.1, 0.15) is 0 Å². The molecule has 2 aromatic heterocycles. The summed E-state index contributed by atoms with van der Waals surface area (Å²) < 4.78 is 0. The maximum atomic E-state index is 4.80. The zero-order valence-corrected chi connectivity index (χ0v) is 10.9. The molecule has 0 aliphatic rings. The van der Waals surface area contributed by atoms with Gasteiger partial charge in [-0.3, -0.25) is 0 Å². The summed E-state index contributed by atoms with van der Waals surface area (Å²) in [6, 6.07) is 16.1. The zero-order chi connectivity index (χ0) is 13.8. The lowest BCUT2D eigenvalue weighted by Gasteiger charge is -2.06. The Bertz CT molecular complexity index is 1140. The summed E-state index contributed by atoms with van der Waals surface area (Å²) in [6.45, 7) is 0. The normalized spacial score (nSPS) is 11.8. The van der Waals surface area contributed by atoms with Gasteiger partial charge in [-0.15, -0.1) is 10.2 Å². The van der Waals surface area contributed by atoms with Crippen molar-refractivity contribution < 1.29 is 0 Å². The highest BCUT2D eigenvalue weighted by Crippen LogP contribution is 2.28. The molecule has 98 valence electrons. The molecule has 0 amide bonds. The van der Waals surface area contributed by atoms with Crippen LogP contribution in [0.2, 0.25) is 0 Å². The van der Waals surface area contributed by atoms with Gasteiger partial charge in [0.1, 0.15) is 11.0 Å². The summed E-state index contributed by atoms with van der Waals surface area (Å²) in [6.07, 6.45) is 0. The highest BCUT2D eigenvalue weighted by molar-refractivity contribution is 6.14. The first-order valence-electron chi connectivity index (χ1n) is 6.69. The molecule has 0 saturated carbocycles. The Hall–Kier alpha value is -3.08. The summed E-state index contributed by atoms with van der Waals surface area (Å²) in [5.41, 5.74) is 5.56. The van der Waals surface area contributed by atoms with Crippen LogP contribution in [0.4, 0.5) is 0 Å². The molecule has 0 atom stereocenters. The summed E-state index contributed by atoms with van der Waals surface area (Å²) in [7, 11) is 0. The average molecular weight is 271 g/mol. The molecule has 0 spiro atoms. The Morgan fingerprint density at radius 1 is 0.667 bits per heavy atom. The SMILES string of the molecule is c1ccc2[nH]c3ccc4c(ccc5nnnc54)c3nc2c1. The first kappa shape index (κ1) is 10.7. The fourth-order valence-electron chi connectivity index (χ4n) is 2.83. The predicted molar refractivity (Wildman–Crippen MR) is 82.0 cm³/mol. The van der Waals surface area contributed by atoms with Crippen LogP contribution in [0, 0.1) is 0 Å². The first-order chi connectivity index (χ1) is 10.4. The second-order valence-corrected chi connectivity index (χ2v) is 5.03. The van der Waals surface area contributed by atoms with Crippen LogP contribution in [0.25, 0.3) is 43.9 Å². The summed E-state index contributed by atoms with van der Waals surface area (Å²) in [4.78, 5) is 8.23. The number of H-pyrrole nitrogens is 1. The maximum Gasteiger partial charge on any atom is 0.123 e. The van der Waals surface area contributed by atoms with Crippen LogP contribution in [0.5, 0.6) is 0 Å². The highest BCUT2D eigenvalue weighted by atomic mass is 15.3. The molecular formula is C16H9N5. The molecule has 0 unspecified atom stereocenters. The molecule has 3 aromatic carbocycles. The van der Waals surface area contributed by atoms with E-state index in [1.165, 1.54) is 0 Å². The van der Waals surface area contributed by atoms with Gasteiger partial charge in [0, 0.05) is 10.8 Å². The first-order valence-corrected chi connectivity index (χ1v) is 6.69. The van der Waals surface area contributed by atoms with E-state index in [1.54, 1.807) is 0 Å². The Morgan fingerprint density at radius 3 is 2.52 bits per heavy atom. The van der Waals surface area contributed by atoms with E-state index in [0.29, 0.717) is 0 Å². The number of hydrogen-bond acceptors (Lipinski definition) is 4. The fraction of sp³-hybridized carbons (Fsp3) is 0. The molecule has 0 fully saturated rings. The fourth-order valence-corrected chi connectivity index (χ4v) is 2.83. The van der Waals surface area contributed by atoms with E-state index >= 15 is 0 Å². The number of hydrogen-bond donors (Lipinski definition) is 1. The molecule has 5 aromatic rings. The van der Waals surface area contributed by atoms with Crippen molar-refractivity contribution in [1.82, 2.24) is 25.4 Å². The van der Waals surface area contributed by atoms with Crippen LogP contribution >= 0.6 is 0 Å². The van der Waals surface area contributed by atoms with Gasteiger partial charge in [0.05, 0.1) is 22.1 Å². The monoisotopic (exact) mass is 271 g/mol. The van der Waals surface area contributed by atoms with Gasteiger partial charge in [0.25, 0.3) is 0 Å². The van der Waals surface area contributed by atoms with Gasteiger partial charge in [-0.2, -0.15) is 0 Å². The van der Waals surface area contributed by atoms with Crippen molar-refractivity contribution in [1.29, 1.82) is 0 Å². The molecule has 5 nitrogen and oxygen atoms in total. The molecule has 0 aliphatic heterocycles. The van der Waals surface area contributed by atoms with Gasteiger partial charge in [-0.05, 0) is 41.6 Å². The van der Waals surface area contributed by atoms with Gasteiger partial charge in [0.2, 0.25) is 0 Å². The zero-order valence-electron chi connectivity index (χ0n) is 10.9. The summed E-state index contributed by atoms with van der Waals surface area (Å²) in [5.74, 6) is 0. The minimum Gasteiger partial charge on any atom is -0.352 e. The Labute approximate surface area is 118 Å². The molecule has 5 rings (SSSR count). The van der Waals surface area contributed by atoms with Crippen molar-refractivity contribution >= 4 is 43.9 Å². The van der Waals surface area contributed by atoms with Crippen LogP contribution in [-0.4, -0.2) is 25.4 Å². The molecule has 0 saturated heterocycles. The lowest BCUT2D eigenvalue weighted by Crippen LogP contribution is -1.89. The molecule has 21 heavy (non-hydrogen) atoms. The van der Waals surface area contributed by atoms with Crippen molar-refractivity contribution in [3.63, 3.8) is 0 Å². The van der Waals surface area contributed by atoms with E-state index in [0.717, 1.165) is 43.9 Å². The van der Waals surface area contributed by atoms with E-state index in [9.17, 15) is 0 Å². The van der Waals surface area contributed by atoms with Crippen LogP contribution < -0.4 is 0 Å². The topological polar surface area (TPSA) is 67.3 Å². The minimum absolute atomic E-state index is 0.812. The Balaban J connectivity index is 2.04. The van der Waals surface area contributed by atoms with Crippen molar-refractivity contribution in [3.8, 4) is 0 Å². The molecule has 0 bridgehead atoms. The molecule has 0 aliphatic carbocycles. The number of fused-ring (bicyclic) bond motifs is 6. The second kappa shape index (κ2) is 3.73. The van der Waals surface area contributed by atoms with E-state index in [4.69, 9.17) is 4.98 Å². The highest BCUT2D eigenvalue weighted by Gasteiger charge is 2.09. The van der Waals surface area contributed by atoms with Crippen molar-refractivity contribution in [2.24, 2.45) is 0 Å². The standard InChI is InChI=1S/C16H9N5/c1-2-4-12-11(3-1)17-13-7-5-10-9(15(13)18-12)6-8-14-16(10)20-21-19-14/h1-8,17H. The van der Waals surface area contributed by atoms with E-state index in [-0.39, 0.29) is 0 Å². The quantitative estimate of drug-likeness (QED) is 0.347. The second-order valence-electron chi connectivity index (χ2n) is 5.03. The lowest BCUT2D eigenvalue weighted by molar-refractivity contribution is 0.960. The predicted octanol–water partition coefficient (Wildman–Crippen LogP) is 3.21. The van der Waals surface area contributed by atoms with Crippen molar-refractivity contribution in [3.05, 3.63) is 48.5 Å². The molecule has 2 heterocycles. The average Bonchev–Trinajstić information content (AvgIpc) is 3.01. The van der Waals surface area contributed by atoms with E-state index < -0.39 is 0 Å². The number of nitrogens with zero attached hydrogens (tertiary/aromatic N) is 4. The van der Waals surface area contributed by atoms with Gasteiger partial charge >= 0.3 is 0 Å². The smallest absolute Gasteiger partial charge is 0.123 e. The molecule has 0 radical (unpaired) electrons. The molecular weight excluding hydrogens is 262 g/mol. The van der Waals surface area contributed by atoms with Crippen molar-refractivity contribution in [2.75, 3.05) is 0 Å². The van der Waals surface area contributed by atoms with Gasteiger partial charge < -0.3 is 4.98 Å². The Morgan fingerprint density at radius 2 is 1.52 bits per heavy atom. The van der Waals surface area contributed by atoms with Crippen LogP contribution in [0.3, 0.4) is 0 Å². The van der Waals surface area contributed by atoms with Gasteiger partial charge in [-0.1, -0.05) is 12.1 Å². The van der Waals surface area contributed by atoms with Gasteiger partial charge in [-0.25, -0.2) is 4.98 Å². The molecule has 1 N–H and O–H groups in total. The third-order valence-corrected chi connectivity index (χ3v) is 3.83. The van der Waals surface area contributed by atoms with E-state index in [1.807, 2.05) is 48.5 Å². The summed E-state index contributed by atoms with van der Waals surface area (Å²) >= 11 is 0. The lowest BCUT2D eigenvalue weighted by atomic mass is 10.1. The summed E-state index contributed by atoms with van der Waals surface area (Å²) in [5, 5.41) is 14.0. The number of aromatic nitrogens is 5. The third-order valence-electron chi connectivity index (χ3n) is 3.83. The molecule has 5 heteroatoms. The largest absolute Gasteiger partial charge is 0.352 e. The van der Waals surface area contributed by atoms with Crippen LogP contribution in [-0.2, 0) is 0 Å². The Kier molecular flexibility index (Phi) is 1.90. The van der Waals surface area contributed by atoms with Crippen LogP contribution in [0.15, 0.2) is 48.5 Å². The minimum atomic E-state index is 0.812. The van der Waals surface area contributed by atoms with Gasteiger partial charge in [0.15, 0.2) is 0 Å². The number of para-hydroxylation sites is 2. The van der Waals surface area contributed by atoms with Crippen molar-refractivity contribution in [2.45, 2.75) is 0 Å². The third kappa shape index (κ3) is 1.40. The number of aromatic amines is 1.